The molecule has 0 aliphatic carbocycles. The number of nitro benzene ring substituents is 2. The number of hydrogen-bond acceptors (Lipinski definition) is 9. The molecule has 168 valence electrons. The third-order valence-corrected chi connectivity index (χ3v) is 4.61. The normalized spacial score (nSPS) is 12.2. The summed E-state index contributed by atoms with van der Waals surface area (Å²) in [6, 6.07) is 8.54. The Labute approximate surface area is 181 Å². The van der Waals surface area contributed by atoms with Gasteiger partial charge in [0.2, 0.25) is 0 Å². The Balaban J connectivity index is 2.44. The standard InChI is InChI=1S/C20H19N3O9/c1-31-17(24)11-16(12-6-8-14(9-7-12)22(27)28)18(20(26)32-2)21-19(25)13-4-3-5-15(10-13)23(29)30/h3-10,16,18H,11H2,1-2H3,(H,21,25)/t16-,18+/m1/s1. The van der Waals surface area contributed by atoms with Gasteiger partial charge in [-0.2, -0.15) is 0 Å². The van der Waals surface area contributed by atoms with Crippen molar-refractivity contribution in [1.29, 1.82) is 0 Å². The van der Waals surface area contributed by atoms with Gasteiger partial charge in [0.15, 0.2) is 0 Å². The number of rotatable bonds is 9. The molecule has 2 aromatic rings. The van der Waals surface area contributed by atoms with Crippen molar-refractivity contribution in [2.75, 3.05) is 14.2 Å². The van der Waals surface area contributed by atoms with E-state index in [0.717, 1.165) is 20.3 Å². The lowest BCUT2D eigenvalue weighted by molar-refractivity contribution is -0.385. The number of amides is 1. The molecule has 0 saturated heterocycles. The minimum atomic E-state index is -1.40. The first-order valence-electron chi connectivity index (χ1n) is 9.12. The predicted octanol–water partition coefficient (Wildman–Crippen LogP) is 2.12. The molecule has 0 radical (unpaired) electrons. The topological polar surface area (TPSA) is 168 Å². The third kappa shape index (κ3) is 5.84. The van der Waals surface area contributed by atoms with E-state index in [4.69, 9.17) is 4.74 Å². The van der Waals surface area contributed by atoms with Crippen LogP contribution in [0.4, 0.5) is 11.4 Å². The fraction of sp³-hybridized carbons (Fsp3) is 0.250. The molecule has 0 saturated carbocycles. The maximum absolute atomic E-state index is 12.7. The summed E-state index contributed by atoms with van der Waals surface area (Å²) in [5.74, 6) is -3.41. The SMILES string of the molecule is COC(=O)C[C@H](c1ccc([N+](=O)[O-])cc1)[C@H](NC(=O)c1cccc([N+](=O)[O-])c1)C(=O)OC. The van der Waals surface area contributed by atoms with Crippen molar-refractivity contribution in [3.05, 3.63) is 79.9 Å². The molecule has 1 N–H and O–H groups in total. The van der Waals surface area contributed by atoms with Crippen LogP contribution in [-0.4, -0.2) is 48.0 Å². The number of nitro groups is 2. The summed E-state index contributed by atoms with van der Waals surface area (Å²) in [5.41, 5.74) is -0.293. The van der Waals surface area contributed by atoms with Crippen LogP contribution in [0.3, 0.4) is 0 Å². The molecular weight excluding hydrogens is 426 g/mol. The molecule has 0 bridgehead atoms. The molecule has 2 atom stereocenters. The number of non-ortho nitro benzene ring substituents is 2. The molecule has 1 amide bonds. The van der Waals surface area contributed by atoms with Gasteiger partial charge >= 0.3 is 11.9 Å². The van der Waals surface area contributed by atoms with E-state index in [9.17, 15) is 34.6 Å². The fourth-order valence-electron chi connectivity index (χ4n) is 2.97. The first-order valence-corrected chi connectivity index (χ1v) is 9.12. The second-order valence-corrected chi connectivity index (χ2v) is 6.52. The number of benzene rings is 2. The molecule has 0 aromatic heterocycles. The molecule has 0 heterocycles. The van der Waals surface area contributed by atoms with Crippen molar-refractivity contribution in [2.24, 2.45) is 0 Å². The number of methoxy groups -OCH3 is 2. The molecule has 2 rings (SSSR count). The Morgan fingerprint density at radius 1 is 0.938 bits per heavy atom. The molecule has 2 aromatic carbocycles. The van der Waals surface area contributed by atoms with Gasteiger partial charge in [0.25, 0.3) is 17.3 Å². The van der Waals surface area contributed by atoms with Crippen LogP contribution in [0.25, 0.3) is 0 Å². The van der Waals surface area contributed by atoms with Crippen LogP contribution in [0.2, 0.25) is 0 Å². The Morgan fingerprint density at radius 2 is 1.56 bits per heavy atom. The smallest absolute Gasteiger partial charge is 0.329 e. The minimum Gasteiger partial charge on any atom is -0.469 e. The highest BCUT2D eigenvalue weighted by Gasteiger charge is 2.34. The van der Waals surface area contributed by atoms with E-state index >= 15 is 0 Å². The van der Waals surface area contributed by atoms with E-state index in [2.05, 4.69) is 10.1 Å². The minimum absolute atomic E-state index is 0.0892. The molecule has 0 spiro atoms. The second kappa shape index (κ2) is 10.6. The van der Waals surface area contributed by atoms with Gasteiger partial charge in [-0.1, -0.05) is 18.2 Å². The monoisotopic (exact) mass is 445 g/mol. The maximum atomic E-state index is 12.7. The Kier molecular flexibility index (Phi) is 7.93. The van der Waals surface area contributed by atoms with Gasteiger partial charge in [0, 0.05) is 35.7 Å². The van der Waals surface area contributed by atoms with Crippen molar-refractivity contribution in [1.82, 2.24) is 5.32 Å². The lowest BCUT2D eigenvalue weighted by atomic mass is 9.88. The molecule has 0 unspecified atom stereocenters. The molecular formula is C20H19N3O9. The van der Waals surface area contributed by atoms with Crippen LogP contribution in [0.15, 0.2) is 48.5 Å². The van der Waals surface area contributed by atoms with Gasteiger partial charge in [-0.3, -0.25) is 29.8 Å². The highest BCUT2D eigenvalue weighted by Crippen LogP contribution is 2.27. The largest absolute Gasteiger partial charge is 0.469 e. The van der Waals surface area contributed by atoms with Crippen molar-refractivity contribution < 1.29 is 33.7 Å². The number of esters is 2. The van der Waals surface area contributed by atoms with E-state index in [0.29, 0.717) is 5.56 Å². The Hall–Kier alpha value is -4.35. The molecule has 32 heavy (non-hydrogen) atoms. The molecule has 0 aliphatic rings. The van der Waals surface area contributed by atoms with E-state index in [1.54, 1.807) is 0 Å². The number of nitrogens with one attached hydrogen (secondary N) is 1. The first kappa shape index (κ1) is 23.9. The maximum Gasteiger partial charge on any atom is 0.329 e. The fourth-order valence-corrected chi connectivity index (χ4v) is 2.97. The van der Waals surface area contributed by atoms with Gasteiger partial charge < -0.3 is 14.8 Å². The van der Waals surface area contributed by atoms with Crippen molar-refractivity contribution in [2.45, 2.75) is 18.4 Å². The van der Waals surface area contributed by atoms with Gasteiger partial charge in [0.1, 0.15) is 6.04 Å². The molecule has 0 aliphatic heterocycles. The zero-order valence-electron chi connectivity index (χ0n) is 17.0. The van der Waals surface area contributed by atoms with Gasteiger partial charge in [0.05, 0.1) is 30.5 Å². The third-order valence-electron chi connectivity index (χ3n) is 4.61. The van der Waals surface area contributed by atoms with Crippen LogP contribution in [0.1, 0.15) is 28.3 Å². The summed E-state index contributed by atoms with van der Waals surface area (Å²) in [6.07, 6.45) is -0.358. The average Bonchev–Trinajstić information content (AvgIpc) is 2.80. The van der Waals surface area contributed by atoms with E-state index < -0.39 is 39.7 Å². The average molecular weight is 445 g/mol. The summed E-state index contributed by atoms with van der Waals surface area (Å²) in [7, 11) is 2.23. The zero-order chi connectivity index (χ0) is 23.8. The number of hydrogen-bond donors (Lipinski definition) is 1. The summed E-state index contributed by atoms with van der Waals surface area (Å²) in [6.45, 7) is 0. The highest BCUT2D eigenvalue weighted by molar-refractivity contribution is 5.97. The zero-order valence-corrected chi connectivity index (χ0v) is 17.0. The Bertz CT molecular complexity index is 1040. The number of nitrogens with zero attached hydrogens (tertiary/aromatic N) is 2. The first-order chi connectivity index (χ1) is 15.2. The van der Waals surface area contributed by atoms with Crippen LogP contribution < -0.4 is 5.32 Å². The Morgan fingerprint density at radius 3 is 2.09 bits per heavy atom. The summed E-state index contributed by atoms with van der Waals surface area (Å²) < 4.78 is 9.44. The quantitative estimate of drug-likeness (QED) is 0.345. The van der Waals surface area contributed by atoms with E-state index in [1.807, 2.05) is 0 Å². The summed E-state index contributed by atoms with van der Waals surface area (Å²) >= 11 is 0. The van der Waals surface area contributed by atoms with Crippen molar-refractivity contribution >= 4 is 29.2 Å². The van der Waals surface area contributed by atoms with Crippen LogP contribution in [0, 0.1) is 20.2 Å². The number of ether oxygens (including phenoxy) is 2. The van der Waals surface area contributed by atoms with Gasteiger partial charge in [-0.25, -0.2) is 4.79 Å². The van der Waals surface area contributed by atoms with Gasteiger partial charge in [-0.05, 0) is 11.6 Å². The lowest BCUT2D eigenvalue weighted by Gasteiger charge is -2.26. The molecule has 0 fully saturated rings. The van der Waals surface area contributed by atoms with Gasteiger partial charge in [-0.15, -0.1) is 0 Å². The molecule has 12 nitrogen and oxygen atoms in total. The summed E-state index contributed by atoms with van der Waals surface area (Å²) in [4.78, 5) is 57.9. The van der Waals surface area contributed by atoms with Crippen LogP contribution in [-0.2, 0) is 19.1 Å². The van der Waals surface area contributed by atoms with Crippen LogP contribution in [0.5, 0.6) is 0 Å². The van der Waals surface area contributed by atoms with Crippen LogP contribution >= 0.6 is 0 Å². The highest BCUT2D eigenvalue weighted by atomic mass is 16.6. The number of carbonyl (C=O) groups excluding carboxylic acids is 3. The second-order valence-electron chi connectivity index (χ2n) is 6.52. The number of carbonyl (C=O) groups is 3. The summed E-state index contributed by atoms with van der Waals surface area (Å²) in [5, 5.41) is 24.3. The van der Waals surface area contributed by atoms with E-state index in [1.165, 1.54) is 42.5 Å². The van der Waals surface area contributed by atoms with Crippen molar-refractivity contribution in [3.63, 3.8) is 0 Å². The van der Waals surface area contributed by atoms with Crippen molar-refractivity contribution in [3.8, 4) is 0 Å². The van der Waals surface area contributed by atoms with E-state index in [-0.39, 0.29) is 23.4 Å². The predicted molar refractivity (Wildman–Crippen MR) is 109 cm³/mol. The molecule has 12 heteroatoms. The lowest BCUT2D eigenvalue weighted by Crippen LogP contribution is -2.46.